The Labute approximate surface area is 128 Å². The standard InChI is InChI=1S/C17H25NO2S/c1-21(19,20)16-8-5-9-17(16)10-11-18-13-15(17)12-14-6-3-2-4-7-14/h2-4,6-7,15-16,18H,5,8-13H2,1H3. The first-order valence-electron chi connectivity index (χ1n) is 7.96. The summed E-state index contributed by atoms with van der Waals surface area (Å²) >= 11 is 0. The summed E-state index contributed by atoms with van der Waals surface area (Å²) in [5.74, 6) is 0.427. The number of sulfone groups is 1. The van der Waals surface area contributed by atoms with E-state index >= 15 is 0 Å². The van der Waals surface area contributed by atoms with Crippen molar-refractivity contribution >= 4 is 9.84 Å². The molecule has 0 aromatic heterocycles. The van der Waals surface area contributed by atoms with Crippen LogP contribution in [0.15, 0.2) is 30.3 Å². The molecule has 1 aliphatic heterocycles. The van der Waals surface area contributed by atoms with E-state index in [1.807, 2.05) is 6.07 Å². The molecule has 1 spiro atoms. The zero-order chi connectivity index (χ0) is 14.9. The highest BCUT2D eigenvalue weighted by molar-refractivity contribution is 7.91. The number of benzene rings is 1. The maximum absolute atomic E-state index is 12.3. The van der Waals surface area contributed by atoms with Gasteiger partial charge in [0.25, 0.3) is 0 Å². The van der Waals surface area contributed by atoms with Gasteiger partial charge in [-0.25, -0.2) is 8.42 Å². The average Bonchev–Trinajstić information content (AvgIpc) is 2.87. The molecule has 4 heteroatoms. The predicted octanol–water partition coefficient (Wildman–Crippen LogP) is 2.42. The molecule has 1 saturated heterocycles. The zero-order valence-corrected chi connectivity index (χ0v) is 13.5. The van der Waals surface area contributed by atoms with Crippen LogP contribution < -0.4 is 5.32 Å². The molecule has 1 saturated carbocycles. The second-order valence-corrected chi connectivity index (χ2v) is 9.01. The van der Waals surface area contributed by atoms with Crippen LogP contribution in [0.4, 0.5) is 0 Å². The number of nitrogens with one attached hydrogen (secondary N) is 1. The molecule has 116 valence electrons. The fourth-order valence-electron chi connectivity index (χ4n) is 4.64. The Morgan fingerprint density at radius 2 is 2.00 bits per heavy atom. The van der Waals surface area contributed by atoms with E-state index < -0.39 is 9.84 Å². The quantitative estimate of drug-likeness (QED) is 0.933. The van der Waals surface area contributed by atoms with Crippen LogP contribution in [0.5, 0.6) is 0 Å². The van der Waals surface area contributed by atoms with Crippen LogP contribution in [-0.2, 0) is 16.3 Å². The highest BCUT2D eigenvalue weighted by atomic mass is 32.2. The van der Waals surface area contributed by atoms with Gasteiger partial charge in [0.1, 0.15) is 0 Å². The summed E-state index contributed by atoms with van der Waals surface area (Å²) in [5, 5.41) is 3.35. The van der Waals surface area contributed by atoms with Gasteiger partial charge in [0.05, 0.1) is 5.25 Å². The molecule has 1 aliphatic carbocycles. The number of hydrogen-bond donors (Lipinski definition) is 1. The van der Waals surface area contributed by atoms with Crippen LogP contribution in [0.2, 0.25) is 0 Å². The number of hydrogen-bond acceptors (Lipinski definition) is 3. The minimum absolute atomic E-state index is 0.00528. The van der Waals surface area contributed by atoms with Crippen molar-refractivity contribution in [1.29, 1.82) is 0 Å². The zero-order valence-electron chi connectivity index (χ0n) is 12.7. The highest BCUT2D eigenvalue weighted by Gasteiger charge is 2.52. The first-order chi connectivity index (χ1) is 10.0. The first kappa shape index (κ1) is 15.0. The molecule has 0 bridgehead atoms. The number of piperidine rings is 1. The molecule has 1 N–H and O–H groups in total. The van der Waals surface area contributed by atoms with E-state index in [9.17, 15) is 8.42 Å². The summed E-state index contributed by atoms with van der Waals surface area (Å²) < 4.78 is 24.6. The molecule has 0 amide bonds. The van der Waals surface area contributed by atoms with Gasteiger partial charge in [0.2, 0.25) is 0 Å². The summed E-state index contributed by atoms with van der Waals surface area (Å²) in [4.78, 5) is 0. The molecule has 2 fully saturated rings. The molecule has 0 radical (unpaired) electrons. The summed E-state index contributed by atoms with van der Waals surface area (Å²) in [6.07, 6.45) is 6.41. The fraction of sp³-hybridized carbons (Fsp3) is 0.647. The third-order valence-electron chi connectivity index (χ3n) is 5.56. The minimum atomic E-state index is -2.96. The molecule has 3 atom stereocenters. The largest absolute Gasteiger partial charge is 0.316 e. The van der Waals surface area contributed by atoms with Crippen molar-refractivity contribution < 1.29 is 8.42 Å². The van der Waals surface area contributed by atoms with Crippen LogP contribution in [0.25, 0.3) is 0 Å². The summed E-state index contributed by atoms with van der Waals surface area (Å²) in [6.45, 7) is 1.90. The van der Waals surface area contributed by atoms with E-state index in [1.165, 1.54) is 11.8 Å². The van der Waals surface area contributed by atoms with Gasteiger partial charge in [-0.1, -0.05) is 36.8 Å². The Bertz CT molecular complexity index is 584. The molecule has 3 unspecified atom stereocenters. The van der Waals surface area contributed by atoms with E-state index in [1.54, 1.807) is 0 Å². The Kier molecular flexibility index (Phi) is 4.10. The lowest BCUT2D eigenvalue weighted by Gasteiger charge is -2.45. The third kappa shape index (κ3) is 2.88. The van der Waals surface area contributed by atoms with Gasteiger partial charge in [0.15, 0.2) is 9.84 Å². The lowest BCUT2D eigenvalue weighted by molar-refractivity contribution is 0.117. The summed E-state index contributed by atoms with van der Waals surface area (Å²) in [7, 11) is -2.96. The molecular formula is C17H25NO2S. The monoisotopic (exact) mass is 307 g/mol. The van der Waals surface area contributed by atoms with Crippen molar-refractivity contribution in [2.45, 2.75) is 37.4 Å². The van der Waals surface area contributed by atoms with Crippen molar-refractivity contribution in [3.8, 4) is 0 Å². The van der Waals surface area contributed by atoms with Crippen molar-refractivity contribution in [3.05, 3.63) is 35.9 Å². The Morgan fingerprint density at radius 1 is 1.24 bits per heavy atom. The minimum Gasteiger partial charge on any atom is -0.316 e. The van der Waals surface area contributed by atoms with Gasteiger partial charge in [-0.2, -0.15) is 0 Å². The second-order valence-electron chi connectivity index (χ2n) is 6.78. The van der Waals surface area contributed by atoms with Crippen LogP contribution in [0.1, 0.15) is 31.2 Å². The molecule has 1 aromatic rings. The Hall–Kier alpha value is -0.870. The van der Waals surface area contributed by atoms with Gasteiger partial charge in [0, 0.05) is 6.26 Å². The Morgan fingerprint density at radius 3 is 2.71 bits per heavy atom. The second kappa shape index (κ2) is 5.73. The molecular weight excluding hydrogens is 282 g/mol. The SMILES string of the molecule is CS(=O)(=O)C1CCCC12CCNCC2Cc1ccccc1. The van der Waals surface area contributed by atoms with Crippen molar-refractivity contribution in [2.24, 2.45) is 11.3 Å². The molecule has 1 heterocycles. The van der Waals surface area contributed by atoms with Gasteiger partial charge in [-0.15, -0.1) is 0 Å². The van der Waals surface area contributed by atoms with Gasteiger partial charge < -0.3 is 5.32 Å². The third-order valence-corrected chi connectivity index (χ3v) is 7.30. The Balaban J connectivity index is 1.90. The van der Waals surface area contributed by atoms with Crippen LogP contribution in [0, 0.1) is 11.3 Å². The number of rotatable bonds is 3. The van der Waals surface area contributed by atoms with Crippen molar-refractivity contribution in [2.75, 3.05) is 19.3 Å². The average molecular weight is 307 g/mol. The van der Waals surface area contributed by atoms with Gasteiger partial charge in [-0.3, -0.25) is 0 Å². The highest BCUT2D eigenvalue weighted by Crippen LogP contribution is 2.52. The van der Waals surface area contributed by atoms with Crippen molar-refractivity contribution in [3.63, 3.8) is 0 Å². The first-order valence-corrected chi connectivity index (χ1v) is 9.91. The lowest BCUT2D eigenvalue weighted by atomic mass is 9.67. The maximum atomic E-state index is 12.3. The van der Waals surface area contributed by atoms with Crippen LogP contribution in [0.3, 0.4) is 0 Å². The molecule has 1 aromatic carbocycles. The fourth-order valence-corrected chi connectivity index (χ4v) is 6.51. The van der Waals surface area contributed by atoms with E-state index in [2.05, 4.69) is 29.6 Å². The van der Waals surface area contributed by atoms with E-state index in [4.69, 9.17) is 0 Å². The van der Waals surface area contributed by atoms with E-state index in [0.717, 1.165) is 45.2 Å². The summed E-state index contributed by atoms with van der Waals surface area (Å²) in [6, 6.07) is 10.5. The normalized spacial score (nSPS) is 33.4. The molecule has 2 aliphatic rings. The maximum Gasteiger partial charge on any atom is 0.150 e. The van der Waals surface area contributed by atoms with Crippen LogP contribution in [-0.4, -0.2) is 33.0 Å². The molecule has 3 rings (SSSR count). The van der Waals surface area contributed by atoms with E-state index in [0.29, 0.717) is 5.92 Å². The van der Waals surface area contributed by atoms with Crippen LogP contribution >= 0.6 is 0 Å². The van der Waals surface area contributed by atoms with Gasteiger partial charge >= 0.3 is 0 Å². The topological polar surface area (TPSA) is 46.2 Å². The lowest BCUT2D eigenvalue weighted by Crippen LogP contribution is -2.51. The van der Waals surface area contributed by atoms with Crippen molar-refractivity contribution in [1.82, 2.24) is 5.32 Å². The van der Waals surface area contributed by atoms with E-state index in [-0.39, 0.29) is 10.7 Å². The molecule has 3 nitrogen and oxygen atoms in total. The van der Waals surface area contributed by atoms with Gasteiger partial charge in [-0.05, 0) is 55.7 Å². The summed E-state index contributed by atoms with van der Waals surface area (Å²) in [5.41, 5.74) is 1.32. The molecule has 21 heavy (non-hydrogen) atoms. The smallest absolute Gasteiger partial charge is 0.150 e. The predicted molar refractivity (Wildman–Crippen MR) is 86.0 cm³/mol.